The highest BCUT2D eigenvalue weighted by Crippen LogP contribution is 2.38. The van der Waals surface area contributed by atoms with Crippen molar-refractivity contribution in [2.45, 2.75) is 19.9 Å². The van der Waals surface area contributed by atoms with Crippen molar-refractivity contribution in [1.82, 2.24) is 9.88 Å². The molecular formula is C13H20N4O. The van der Waals surface area contributed by atoms with Gasteiger partial charge in [0.1, 0.15) is 5.69 Å². The minimum Gasteiger partial charge on any atom is -0.409 e. The summed E-state index contributed by atoms with van der Waals surface area (Å²) in [4.78, 5) is 6.37. The lowest BCUT2D eigenvalue weighted by atomic mass is 10.2. The largest absolute Gasteiger partial charge is 0.409 e. The van der Waals surface area contributed by atoms with E-state index in [9.17, 15) is 0 Å². The molecule has 5 nitrogen and oxygen atoms in total. The van der Waals surface area contributed by atoms with E-state index in [1.54, 1.807) is 6.20 Å². The number of pyridine rings is 1. The number of oxime groups is 1. The maximum absolute atomic E-state index is 8.63. The lowest BCUT2D eigenvalue weighted by molar-refractivity contribution is 0.307. The van der Waals surface area contributed by atoms with E-state index in [2.05, 4.69) is 29.0 Å². The second-order valence-electron chi connectivity index (χ2n) is 5.20. The van der Waals surface area contributed by atoms with Crippen LogP contribution in [0.1, 0.15) is 24.6 Å². The molecule has 1 heterocycles. The Hall–Kier alpha value is -1.62. The predicted octanol–water partition coefficient (Wildman–Crippen LogP) is 1.26. The highest BCUT2D eigenvalue weighted by molar-refractivity contribution is 5.95. The number of hydrogen-bond donors (Lipinski definition) is 2. The SMILES string of the molecule is CC1CC1CN(C)Cc1ccnc(C(N)=NO)c1. The summed E-state index contributed by atoms with van der Waals surface area (Å²) >= 11 is 0. The molecule has 3 N–H and O–H groups in total. The summed E-state index contributed by atoms with van der Waals surface area (Å²) in [5, 5.41) is 11.6. The Kier molecular flexibility index (Phi) is 3.81. The van der Waals surface area contributed by atoms with Crippen LogP contribution in [0.4, 0.5) is 0 Å². The van der Waals surface area contributed by atoms with Crippen molar-refractivity contribution in [3.63, 3.8) is 0 Å². The minimum atomic E-state index is 0.0512. The molecule has 1 aliphatic carbocycles. The van der Waals surface area contributed by atoms with Gasteiger partial charge in [0, 0.05) is 19.3 Å². The second kappa shape index (κ2) is 5.35. The zero-order valence-electron chi connectivity index (χ0n) is 10.9. The van der Waals surface area contributed by atoms with E-state index in [0.717, 1.165) is 30.5 Å². The van der Waals surface area contributed by atoms with Crippen molar-refractivity contribution in [2.24, 2.45) is 22.7 Å². The van der Waals surface area contributed by atoms with Gasteiger partial charge in [-0.2, -0.15) is 0 Å². The molecule has 0 aromatic carbocycles. The predicted molar refractivity (Wildman–Crippen MR) is 70.4 cm³/mol. The van der Waals surface area contributed by atoms with Gasteiger partial charge in [0.2, 0.25) is 0 Å². The van der Waals surface area contributed by atoms with Crippen molar-refractivity contribution in [2.75, 3.05) is 13.6 Å². The monoisotopic (exact) mass is 248 g/mol. The van der Waals surface area contributed by atoms with E-state index < -0.39 is 0 Å². The topological polar surface area (TPSA) is 74.7 Å². The fourth-order valence-corrected chi connectivity index (χ4v) is 2.19. The quantitative estimate of drug-likeness (QED) is 0.356. The van der Waals surface area contributed by atoms with Gasteiger partial charge >= 0.3 is 0 Å². The Morgan fingerprint density at radius 1 is 1.67 bits per heavy atom. The Bertz CT molecular complexity index is 446. The molecule has 0 saturated heterocycles. The van der Waals surface area contributed by atoms with Crippen molar-refractivity contribution in [1.29, 1.82) is 0 Å². The van der Waals surface area contributed by atoms with Crippen LogP contribution >= 0.6 is 0 Å². The molecule has 1 saturated carbocycles. The van der Waals surface area contributed by atoms with Crippen LogP contribution in [0.3, 0.4) is 0 Å². The van der Waals surface area contributed by atoms with Crippen LogP contribution in [-0.4, -0.2) is 34.5 Å². The molecule has 2 atom stereocenters. The van der Waals surface area contributed by atoms with Gasteiger partial charge in [-0.25, -0.2) is 0 Å². The minimum absolute atomic E-state index is 0.0512. The van der Waals surface area contributed by atoms with Gasteiger partial charge in [-0.3, -0.25) is 4.98 Å². The van der Waals surface area contributed by atoms with E-state index >= 15 is 0 Å². The fraction of sp³-hybridized carbons (Fsp3) is 0.538. The van der Waals surface area contributed by atoms with Gasteiger partial charge in [0.15, 0.2) is 5.84 Å². The molecule has 98 valence electrons. The Morgan fingerprint density at radius 2 is 2.39 bits per heavy atom. The number of nitrogens with zero attached hydrogens (tertiary/aromatic N) is 3. The van der Waals surface area contributed by atoms with Crippen LogP contribution in [0.5, 0.6) is 0 Å². The molecular weight excluding hydrogens is 228 g/mol. The smallest absolute Gasteiger partial charge is 0.188 e. The molecule has 0 amide bonds. The lowest BCUT2D eigenvalue weighted by Gasteiger charge is -2.16. The average Bonchev–Trinajstić information content (AvgIpc) is 3.03. The molecule has 2 unspecified atom stereocenters. The van der Waals surface area contributed by atoms with Crippen molar-refractivity contribution in [3.05, 3.63) is 29.6 Å². The third-order valence-corrected chi connectivity index (χ3v) is 3.47. The first kappa shape index (κ1) is 12.8. The van der Waals surface area contributed by atoms with Crippen LogP contribution in [0.2, 0.25) is 0 Å². The maximum atomic E-state index is 8.63. The summed E-state index contributed by atoms with van der Waals surface area (Å²) < 4.78 is 0. The molecule has 18 heavy (non-hydrogen) atoms. The van der Waals surface area contributed by atoms with Gasteiger partial charge in [-0.1, -0.05) is 12.1 Å². The van der Waals surface area contributed by atoms with Crippen molar-refractivity contribution >= 4 is 5.84 Å². The maximum Gasteiger partial charge on any atom is 0.188 e. The molecule has 0 radical (unpaired) electrons. The first-order chi connectivity index (χ1) is 8.60. The fourth-order valence-electron chi connectivity index (χ4n) is 2.19. The van der Waals surface area contributed by atoms with Crippen molar-refractivity contribution in [3.8, 4) is 0 Å². The lowest BCUT2D eigenvalue weighted by Crippen LogP contribution is -2.21. The third-order valence-electron chi connectivity index (χ3n) is 3.47. The highest BCUT2D eigenvalue weighted by atomic mass is 16.4. The van der Waals surface area contributed by atoms with Gasteiger partial charge in [-0.15, -0.1) is 0 Å². The molecule has 0 aliphatic heterocycles. The zero-order chi connectivity index (χ0) is 13.1. The summed E-state index contributed by atoms with van der Waals surface area (Å²) in [6.45, 7) is 4.28. The van der Waals surface area contributed by atoms with Crippen LogP contribution in [0.25, 0.3) is 0 Å². The van der Waals surface area contributed by atoms with Crippen LogP contribution in [-0.2, 0) is 6.54 Å². The Morgan fingerprint density at radius 3 is 3.00 bits per heavy atom. The van der Waals surface area contributed by atoms with Crippen molar-refractivity contribution < 1.29 is 5.21 Å². The van der Waals surface area contributed by atoms with Gasteiger partial charge in [0.05, 0.1) is 0 Å². The van der Waals surface area contributed by atoms with Gasteiger partial charge in [-0.05, 0) is 43.0 Å². The summed E-state index contributed by atoms with van der Waals surface area (Å²) in [5.41, 5.74) is 7.17. The summed E-state index contributed by atoms with van der Waals surface area (Å²) in [5.74, 6) is 1.77. The molecule has 1 fully saturated rings. The molecule has 2 rings (SSSR count). The van der Waals surface area contributed by atoms with Crippen LogP contribution in [0.15, 0.2) is 23.5 Å². The third kappa shape index (κ3) is 3.20. The van der Waals surface area contributed by atoms with E-state index in [1.807, 2.05) is 12.1 Å². The number of aromatic nitrogens is 1. The zero-order valence-corrected chi connectivity index (χ0v) is 10.9. The first-order valence-electron chi connectivity index (χ1n) is 6.21. The molecule has 0 spiro atoms. The van der Waals surface area contributed by atoms with Crippen LogP contribution in [0, 0.1) is 11.8 Å². The molecule has 1 aliphatic rings. The molecule has 1 aromatic rings. The summed E-state index contributed by atoms with van der Waals surface area (Å²) in [6.07, 6.45) is 3.03. The van der Waals surface area contributed by atoms with E-state index in [4.69, 9.17) is 10.9 Å². The average molecular weight is 248 g/mol. The Balaban J connectivity index is 1.96. The normalized spacial score (nSPS) is 23.4. The Labute approximate surface area is 107 Å². The number of rotatable bonds is 5. The van der Waals surface area contributed by atoms with E-state index in [0.29, 0.717) is 5.69 Å². The standard InChI is InChI=1S/C13H20N4O/c1-9-5-11(9)8-17(2)7-10-3-4-15-12(6-10)13(14)16-18/h3-4,6,9,11,18H,5,7-8H2,1-2H3,(H2,14,16). The molecule has 0 bridgehead atoms. The van der Waals surface area contributed by atoms with E-state index in [1.165, 1.54) is 6.42 Å². The van der Waals surface area contributed by atoms with E-state index in [-0.39, 0.29) is 5.84 Å². The second-order valence-corrected chi connectivity index (χ2v) is 5.20. The molecule has 1 aromatic heterocycles. The number of hydrogen-bond acceptors (Lipinski definition) is 4. The highest BCUT2D eigenvalue weighted by Gasteiger charge is 2.32. The van der Waals surface area contributed by atoms with Gasteiger partial charge < -0.3 is 15.8 Å². The summed E-state index contributed by atoms with van der Waals surface area (Å²) in [6, 6.07) is 3.82. The number of nitrogens with two attached hydrogens (primary N) is 1. The number of amidine groups is 1. The van der Waals surface area contributed by atoms with Gasteiger partial charge in [0.25, 0.3) is 0 Å². The molecule has 5 heteroatoms. The summed E-state index contributed by atoms with van der Waals surface area (Å²) in [7, 11) is 2.12. The van der Waals surface area contributed by atoms with Crippen LogP contribution < -0.4 is 5.73 Å². The first-order valence-corrected chi connectivity index (χ1v) is 6.21.